The Bertz CT molecular complexity index is 489. The van der Waals surface area contributed by atoms with Gasteiger partial charge < -0.3 is 0 Å². The number of hydrogen-bond acceptors (Lipinski definition) is 1. The molecule has 0 unspecified atom stereocenters. The van der Waals surface area contributed by atoms with Gasteiger partial charge in [0.1, 0.15) is 0 Å². The predicted octanol–water partition coefficient (Wildman–Crippen LogP) is 3.87. The van der Waals surface area contributed by atoms with Gasteiger partial charge in [-0.1, -0.05) is 24.3 Å². The molecule has 0 bridgehead atoms. The highest BCUT2D eigenvalue weighted by atomic mass is 79.9. The first kappa shape index (κ1) is 8.42. The first-order valence-corrected chi connectivity index (χ1v) is 5.68. The van der Waals surface area contributed by atoms with Crippen LogP contribution >= 0.6 is 15.9 Å². The molecule has 0 atom stereocenters. The van der Waals surface area contributed by atoms with Crippen molar-refractivity contribution in [1.29, 1.82) is 0 Å². The molecule has 1 nitrogen and oxygen atoms in total. The lowest BCUT2D eigenvalue weighted by Gasteiger charge is -2.05. The lowest BCUT2D eigenvalue weighted by Crippen LogP contribution is -1.89. The van der Waals surface area contributed by atoms with Crippen molar-refractivity contribution in [3.8, 4) is 0 Å². The maximum Gasteiger partial charge on any atom is 0.0582 e. The highest BCUT2D eigenvalue weighted by Gasteiger charge is 2.27. The zero-order chi connectivity index (χ0) is 9.54. The Labute approximate surface area is 91.3 Å². The fraction of sp³-hybridized carbons (Fsp3) is 0.250. The minimum atomic E-state index is 0.703. The summed E-state index contributed by atoms with van der Waals surface area (Å²) in [6, 6.07) is 8.37. The molecule has 70 valence electrons. The molecule has 0 spiro atoms. The summed E-state index contributed by atoms with van der Waals surface area (Å²) in [7, 11) is 0. The molecular formula is C12H10BrN. The van der Waals surface area contributed by atoms with E-state index in [1.54, 1.807) is 0 Å². The van der Waals surface area contributed by atoms with E-state index >= 15 is 0 Å². The molecule has 1 fully saturated rings. The van der Waals surface area contributed by atoms with Gasteiger partial charge in [-0.2, -0.15) is 0 Å². The van der Waals surface area contributed by atoms with Crippen LogP contribution in [-0.2, 0) is 0 Å². The zero-order valence-electron chi connectivity index (χ0n) is 7.70. The Morgan fingerprint density at radius 3 is 2.79 bits per heavy atom. The minimum Gasteiger partial charge on any atom is -0.259 e. The van der Waals surface area contributed by atoms with E-state index in [4.69, 9.17) is 0 Å². The molecular weight excluding hydrogens is 238 g/mol. The van der Waals surface area contributed by atoms with Crippen molar-refractivity contribution in [2.75, 3.05) is 0 Å². The van der Waals surface area contributed by atoms with Gasteiger partial charge in [-0.15, -0.1) is 0 Å². The van der Waals surface area contributed by atoms with Crippen LogP contribution in [0.3, 0.4) is 0 Å². The van der Waals surface area contributed by atoms with E-state index in [9.17, 15) is 0 Å². The zero-order valence-corrected chi connectivity index (χ0v) is 9.29. The van der Waals surface area contributed by atoms with Crippen LogP contribution in [0.15, 0.2) is 34.9 Å². The molecule has 0 amide bonds. The number of benzene rings is 1. The van der Waals surface area contributed by atoms with Gasteiger partial charge in [-0.05, 0) is 34.2 Å². The molecule has 0 radical (unpaired) electrons. The molecule has 3 rings (SSSR count). The average Bonchev–Trinajstić information content (AvgIpc) is 3.03. The van der Waals surface area contributed by atoms with E-state index in [0.29, 0.717) is 5.92 Å². The highest BCUT2D eigenvalue weighted by Crippen LogP contribution is 2.43. The maximum atomic E-state index is 4.52. The van der Waals surface area contributed by atoms with Crippen LogP contribution in [0.1, 0.15) is 24.5 Å². The molecule has 1 aliphatic carbocycles. The topological polar surface area (TPSA) is 12.9 Å². The van der Waals surface area contributed by atoms with Gasteiger partial charge in [-0.3, -0.25) is 4.98 Å². The number of rotatable bonds is 1. The highest BCUT2D eigenvalue weighted by molar-refractivity contribution is 9.10. The molecule has 2 aromatic rings. The van der Waals surface area contributed by atoms with Gasteiger partial charge >= 0.3 is 0 Å². The summed E-state index contributed by atoms with van der Waals surface area (Å²) >= 11 is 3.66. The summed E-state index contributed by atoms with van der Waals surface area (Å²) in [4.78, 5) is 4.52. The first-order chi connectivity index (χ1) is 6.86. The molecule has 0 saturated heterocycles. The normalized spacial score (nSPS) is 16.1. The molecule has 1 saturated carbocycles. The second kappa shape index (κ2) is 3.06. The van der Waals surface area contributed by atoms with Crippen LogP contribution < -0.4 is 0 Å². The largest absolute Gasteiger partial charge is 0.259 e. The monoisotopic (exact) mass is 247 g/mol. The van der Waals surface area contributed by atoms with E-state index in [1.165, 1.54) is 33.8 Å². The Kier molecular flexibility index (Phi) is 1.84. The third-order valence-corrected chi connectivity index (χ3v) is 3.56. The Morgan fingerprint density at radius 1 is 1.21 bits per heavy atom. The lowest BCUT2D eigenvalue weighted by atomic mass is 10.1. The predicted molar refractivity (Wildman–Crippen MR) is 61.4 cm³/mol. The van der Waals surface area contributed by atoms with E-state index in [1.807, 2.05) is 12.3 Å². The number of hydrogen-bond donors (Lipinski definition) is 0. The summed E-state index contributed by atoms with van der Waals surface area (Å²) in [5.74, 6) is 0.703. The van der Waals surface area contributed by atoms with Gasteiger partial charge in [0.25, 0.3) is 0 Å². The van der Waals surface area contributed by atoms with Crippen molar-refractivity contribution in [3.05, 3.63) is 40.6 Å². The lowest BCUT2D eigenvalue weighted by molar-refractivity contribution is 1.02. The summed E-state index contributed by atoms with van der Waals surface area (Å²) < 4.78 is 1.19. The standard InChI is InChI=1S/C12H10BrN/c13-11-10-4-2-1-3-9(10)7-14-12(11)8-5-6-8/h1-4,7-8H,5-6H2. The summed E-state index contributed by atoms with van der Waals surface area (Å²) in [5.41, 5.74) is 1.24. The van der Waals surface area contributed by atoms with Crippen LogP contribution in [0, 0.1) is 0 Å². The third kappa shape index (κ3) is 1.25. The van der Waals surface area contributed by atoms with Crippen molar-refractivity contribution in [2.45, 2.75) is 18.8 Å². The smallest absolute Gasteiger partial charge is 0.0582 e. The molecule has 0 aliphatic heterocycles. The van der Waals surface area contributed by atoms with Gasteiger partial charge in [0.2, 0.25) is 0 Å². The summed E-state index contributed by atoms with van der Waals surface area (Å²) in [5, 5.41) is 2.49. The van der Waals surface area contributed by atoms with Crippen LogP contribution in [0.2, 0.25) is 0 Å². The van der Waals surface area contributed by atoms with Gasteiger partial charge in [0, 0.05) is 22.0 Å². The number of nitrogens with zero attached hydrogens (tertiary/aromatic N) is 1. The Morgan fingerprint density at radius 2 is 2.00 bits per heavy atom. The number of halogens is 1. The Hall–Kier alpha value is -0.890. The molecule has 0 N–H and O–H groups in total. The van der Waals surface area contributed by atoms with Crippen molar-refractivity contribution in [3.63, 3.8) is 0 Å². The van der Waals surface area contributed by atoms with E-state index in [2.05, 4.69) is 39.1 Å². The number of pyridine rings is 1. The molecule has 1 aliphatic rings. The van der Waals surface area contributed by atoms with E-state index in [-0.39, 0.29) is 0 Å². The summed E-state index contributed by atoms with van der Waals surface area (Å²) in [6.45, 7) is 0. The molecule has 1 heterocycles. The van der Waals surface area contributed by atoms with Crippen molar-refractivity contribution >= 4 is 26.7 Å². The van der Waals surface area contributed by atoms with Gasteiger partial charge in [0.15, 0.2) is 0 Å². The SMILES string of the molecule is Brc1c(C2CC2)ncc2ccccc12. The molecule has 1 aromatic heterocycles. The minimum absolute atomic E-state index is 0.703. The number of fused-ring (bicyclic) bond motifs is 1. The third-order valence-electron chi connectivity index (χ3n) is 2.73. The second-order valence-corrected chi connectivity index (χ2v) is 4.61. The van der Waals surface area contributed by atoms with Crippen LogP contribution in [0.4, 0.5) is 0 Å². The Balaban J connectivity index is 2.30. The quantitative estimate of drug-likeness (QED) is 0.746. The average molecular weight is 248 g/mol. The summed E-state index contributed by atoms with van der Waals surface area (Å²) in [6.07, 6.45) is 4.57. The van der Waals surface area contributed by atoms with Crippen LogP contribution in [0.5, 0.6) is 0 Å². The van der Waals surface area contributed by atoms with Crippen molar-refractivity contribution in [2.24, 2.45) is 0 Å². The molecule has 1 aromatic carbocycles. The van der Waals surface area contributed by atoms with Crippen LogP contribution in [0.25, 0.3) is 10.8 Å². The fourth-order valence-electron chi connectivity index (χ4n) is 1.78. The molecule has 2 heteroatoms. The van der Waals surface area contributed by atoms with Crippen molar-refractivity contribution < 1.29 is 0 Å². The van der Waals surface area contributed by atoms with Gasteiger partial charge in [0.05, 0.1) is 5.69 Å². The van der Waals surface area contributed by atoms with Gasteiger partial charge in [-0.25, -0.2) is 0 Å². The number of aromatic nitrogens is 1. The second-order valence-electron chi connectivity index (χ2n) is 3.82. The first-order valence-electron chi connectivity index (χ1n) is 4.89. The van der Waals surface area contributed by atoms with Crippen LogP contribution in [-0.4, -0.2) is 4.98 Å². The van der Waals surface area contributed by atoms with Crippen molar-refractivity contribution in [1.82, 2.24) is 4.98 Å². The fourth-order valence-corrected chi connectivity index (χ4v) is 2.57. The maximum absolute atomic E-state index is 4.52. The molecule has 14 heavy (non-hydrogen) atoms. The van der Waals surface area contributed by atoms with E-state index < -0.39 is 0 Å². The van der Waals surface area contributed by atoms with E-state index in [0.717, 1.165) is 0 Å².